The van der Waals surface area contributed by atoms with E-state index in [4.69, 9.17) is 0 Å². The summed E-state index contributed by atoms with van der Waals surface area (Å²) in [5.74, 6) is 0.530. The molecule has 0 saturated heterocycles. The fourth-order valence-electron chi connectivity index (χ4n) is 2.47. The van der Waals surface area contributed by atoms with Crippen LogP contribution in [0.5, 0.6) is 5.88 Å². The van der Waals surface area contributed by atoms with Crippen LogP contribution in [0.25, 0.3) is 10.9 Å². The summed E-state index contributed by atoms with van der Waals surface area (Å²) < 4.78 is 0. The molecule has 0 aliphatic rings. The highest BCUT2D eigenvalue weighted by molar-refractivity contribution is 6.01. The van der Waals surface area contributed by atoms with Crippen LogP contribution in [-0.2, 0) is 0 Å². The van der Waals surface area contributed by atoms with Crippen molar-refractivity contribution in [3.8, 4) is 5.88 Å². The number of nitrogens with one attached hydrogen (secondary N) is 1. The number of aliphatic imine (C=N–C) groups is 1. The molecule has 1 aromatic heterocycles. The molecule has 1 heterocycles. The Morgan fingerprint density at radius 3 is 2.62 bits per heavy atom. The average Bonchev–Trinajstić information content (AvgIpc) is 2.84. The number of aromatic hydroxyl groups is 1. The van der Waals surface area contributed by atoms with Gasteiger partial charge in [-0.15, -0.1) is 0 Å². The van der Waals surface area contributed by atoms with Crippen molar-refractivity contribution < 1.29 is 5.11 Å². The van der Waals surface area contributed by atoms with Crippen LogP contribution in [0, 0.1) is 0 Å². The first-order valence-electron chi connectivity index (χ1n) is 7.10. The third-order valence-corrected chi connectivity index (χ3v) is 3.69. The highest BCUT2D eigenvalue weighted by Gasteiger charge is 2.08. The maximum absolute atomic E-state index is 9.97. The maximum atomic E-state index is 9.97. The molecular weight excluding hydrogens is 260 g/mol. The second kappa shape index (κ2) is 5.83. The van der Waals surface area contributed by atoms with E-state index >= 15 is 0 Å². The van der Waals surface area contributed by atoms with Crippen LogP contribution in [0.3, 0.4) is 0 Å². The molecule has 21 heavy (non-hydrogen) atoms. The number of fused-ring (bicyclic) bond motifs is 1. The molecular formula is C18H18N2O. The molecule has 3 nitrogen and oxygen atoms in total. The zero-order valence-corrected chi connectivity index (χ0v) is 12.0. The van der Waals surface area contributed by atoms with Crippen LogP contribution in [0.4, 0.5) is 0 Å². The number of rotatable bonds is 4. The molecule has 0 fully saturated rings. The average molecular weight is 278 g/mol. The Hall–Kier alpha value is -2.55. The van der Waals surface area contributed by atoms with Crippen molar-refractivity contribution in [1.29, 1.82) is 0 Å². The molecule has 3 aromatic rings. The number of hydrogen-bond acceptors (Lipinski definition) is 2. The van der Waals surface area contributed by atoms with Crippen LogP contribution in [0.1, 0.15) is 24.0 Å². The minimum absolute atomic E-state index is 0.173. The van der Waals surface area contributed by atoms with Gasteiger partial charge in [0.25, 0.3) is 0 Å². The molecule has 0 amide bonds. The van der Waals surface area contributed by atoms with Crippen LogP contribution in [0.15, 0.2) is 59.6 Å². The van der Waals surface area contributed by atoms with Gasteiger partial charge in [-0.25, -0.2) is 0 Å². The summed E-state index contributed by atoms with van der Waals surface area (Å²) in [6.07, 6.45) is 1.76. The number of benzene rings is 2. The Morgan fingerprint density at radius 1 is 1.10 bits per heavy atom. The maximum Gasteiger partial charge on any atom is 0.198 e. The van der Waals surface area contributed by atoms with Gasteiger partial charge >= 0.3 is 0 Å². The largest absolute Gasteiger partial charge is 0.494 e. The normalized spacial score (nSPS) is 13.0. The van der Waals surface area contributed by atoms with Gasteiger partial charge in [0.2, 0.25) is 0 Å². The Labute approximate surface area is 124 Å². The quantitative estimate of drug-likeness (QED) is 0.694. The predicted molar refractivity (Wildman–Crippen MR) is 87.3 cm³/mol. The molecule has 3 heteroatoms. The molecule has 2 N–H and O–H groups in total. The van der Waals surface area contributed by atoms with Gasteiger partial charge in [0.15, 0.2) is 5.88 Å². The van der Waals surface area contributed by atoms with Gasteiger partial charge in [0.1, 0.15) is 0 Å². The van der Waals surface area contributed by atoms with Crippen LogP contribution < -0.4 is 0 Å². The zero-order chi connectivity index (χ0) is 14.7. The SMILES string of the molecule is CC(CN=Cc1c(O)[nH]c2ccccc12)c1ccccc1. The van der Waals surface area contributed by atoms with Gasteiger partial charge in [-0.1, -0.05) is 55.5 Å². The first kappa shape index (κ1) is 13.4. The van der Waals surface area contributed by atoms with E-state index in [1.165, 1.54) is 5.56 Å². The molecule has 0 saturated carbocycles. The van der Waals surface area contributed by atoms with Gasteiger partial charge in [0, 0.05) is 29.6 Å². The van der Waals surface area contributed by atoms with E-state index in [2.05, 4.69) is 29.0 Å². The second-order valence-corrected chi connectivity index (χ2v) is 5.24. The molecule has 106 valence electrons. The molecule has 0 aliphatic carbocycles. The number of H-pyrrole nitrogens is 1. The lowest BCUT2D eigenvalue weighted by Crippen LogP contribution is -1.97. The highest BCUT2D eigenvalue weighted by atomic mass is 16.3. The van der Waals surface area contributed by atoms with Crippen LogP contribution >= 0.6 is 0 Å². The minimum Gasteiger partial charge on any atom is -0.494 e. The van der Waals surface area contributed by atoms with Crippen LogP contribution in [0.2, 0.25) is 0 Å². The number of para-hydroxylation sites is 1. The Kier molecular flexibility index (Phi) is 3.73. The Balaban J connectivity index is 1.78. The van der Waals surface area contributed by atoms with E-state index < -0.39 is 0 Å². The monoisotopic (exact) mass is 278 g/mol. The smallest absolute Gasteiger partial charge is 0.198 e. The van der Waals surface area contributed by atoms with Gasteiger partial charge < -0.3 is 10.1 Å². The van der Waals surface area contributed by atoms with Crippen molar-refractivity contribution in [2.45, 2.75) is 12.8 Å². The van der Waals surface area contributed by atoms with Gasteiger partial charge in [-0.2, -0.15) is 0 Å². The number of aromatic nitrogens is 1. The molecule has 0 aliphatic heterocycles. The lowest BCUT2D eigenvalue weighted by atomic mass is 10.0. The minimum atomic E-state index is 0.173. The number of nitrogens with zero attached hydrogens (tertiary/aromatic N) is 1. The summed E-state index contributed by atoms with van der Waals surface area (Å²) >= 11 is 0. The van der Waals surface area contributed by atoms with Crippen molar-refractivity contribution >= 4 is 17.1 Å². The van der Waals surface area contributed by atoms with Crippen molar-refractivity contribution in [3.63, 3.8) is 0 Å². The molecule has 1 unspecified atom stereocenters. The van der Waals surface area contributed by atoms with E-state index in [9.17, 15) is 5.11 Å². The third kappa shape index (κ3) is 2.82. The third-order valence-electron chi connectivity index (χ3n) is 3.69. The standard InChI is InChI=1S/C18H18N2O/c1-13(14-7-3-2-4-8-14)11-19-12-16-15-9-5-6-10-17(15)20-18(16)21/h2-10,12-13,20-21H,11H2,1H3. The predicted octanol–water partition coefficient (Wildman–Crippen LogP) is 4.10. The van der Waals surface area contributed by atoms with E-state index in [1.807, 2.05) is 42.5 Å². The molecule has 2 aromatic carbocycles. The van der Waals surface area contributed by atoms with Gasteiger partial charge in [-0.05, 0) is 11.6 Å². The molecule has 0 radical (unpaired) electrons. The van der Waals surface area contributed by atoms with Crippen molar-refractivity contribution in [3.05, 3.63) is 65.7 Å². The summed E-state index contributed by atoms with van der Waals surface area (Å²) in [5.41, 5.74) is 2.95. The molecule has 0 spiro atoms. The van der Waals surface area contributed by atoms with Gasteiger partial charge in [-0.3, -0.25) is 4.99 Å². The van der Waals surface area contributed by atoms with Gasteiger partial charge in [0.05, 0.1) is 5.56 Å². The van der Waals surface area contributed by atoms with E-state index in [0.29, 0.717) is 12.5 Å². The van der Waals surface area contributed by atoms with E-state index in [0.717, 1.165) is 16.5 Å². The summed E-state index contributed by atoms with van der Waals surface area (Å²) in [7, 11) is 0. The summed E-state index contributed by atoms with van der Waals surface area (Å²) in [5, 5.41) is 11.0. The van der Waals surface area contributed by atoms with Crippen LogP contribution in [-0.4, -0.2) is 22.8 Å². The summed E-state index contributed by atoms with van der Waals surface area (Å²) in [4.78, 5) is 7.46. The van der Waals surface area contributed by atoms with E-state index in [-0.39, 0.29) is 5.88 Å². The first-order valence-corrected chi connectivity index (χ1v) is 7.10. The second-order valence-electron chi connectivity index (χ2n) is 5.24. The number of hydrogen-bond donors (Lipinski definition) is 2. The fourth-order valence-corrected chi connectivity index (χ4v) is 2.47. The molecule has 1 atom stereocenters. The fraction of sp³-hybridized carbons (Fsp3) is 0.167. The lowest BCUT2D eigenvalue weighted by Gasteiger charge is -2.07. The summed E-state index contributed by atoms with van der Waals surface area (Å²) in [6.45, 7) is 2.85. The first-order chi connectivity index (χ1) is 10.3. The number of aromatic amines is 1. The van der Waals surface area contributed by atoms with E-state index in [1.54, 1.807) is 6.21 Å². The Morgan fingerprint density at radius 2 is 1.81 bits per heavy atom. The van der Waals surface area contributed by atoms with Crippen molar-refractivity contribution in [1.82, 2.24) is 4.98 Å². The topological polar surface area (TPSA) is 48.4 Å². The zero-order valence-electron chi connectivity index (χ0n) is 12.0. The van der Waals surface area contributed by atoms with Crippen molar-refractivity contribution in [2.75, 3.05) is 6.54 Å². The van der Waals surface area contributed by atoms with Crippen molar-refractivity contribution in [2.24, 2.45) is 4.99 Å². The molecule has 0 bridgehead atoms. The Bertz CT molecular complexity index is 759. The summed E-state index contributed by atoms with van der Waals surface area (Å²) in [6, 6.07) is 18.2. The lowest BCUT2D eigenvalue weighted by molar-refractivity contribution is 0.457. The molecule has 3 rings (SSSR count). The highest BCUT2D eigenvalue weighted by Crippen LogP contribution is 2.25.